The van der Waals surface area contributed by atoms with Gasteiger partial charge < -0.3 is 20.3 Å². The second-order valence-corrected chi connectivity index (χ2v) is 1.91. The summed E-state index contributed by atoms with van der Waals surface area (Å²) in [4.78, 5) is 0. The lowest BCUT2D eigenvalue weighted by atomic mass is 11.4. The number of nitrogens with two attached hydrogens (primary N) is 2. The molecule has 7 heavy (non-hydrogen) atoms. The minimum absolute atomic E-state index is 0.242. The molecule has 0 aliphatic rings. The standard InChI is InChI=1S/C2H10N2O2Si/c3-1-5-7-6-2-4/h1-4,7H2. The molecule has 0 unspecified atom stereocenters. The minimum Gasteiger partial charge on any atom is -0.386 e. The van der Waals surface area contributed by atoms with Gasteiger partial charge in [0.2, 0.25) is 0 Å². The van der Waals surface area contributed by atoms with E-state index in [9.17, 15) is 0 Å². The minimum atomic E-state index is -0.839. The third-order valence-corrected chi connectivity index (χ3v) is 1.21. The fourth-order valence-electron chi connectivity index (χ4n) is 0.155. The zero-order chi connectivity index (χ0) is 5.54. The fraction of sp³-hybridized carbons (Fsp3) is 1.00. The van der Waals surface area contributed by atoms with Gasteiger partial charge in [-0.25, -0.2) is 0 Å². The van der Waals surface area contributed by atoms with E-state index in [0.29, 0.717) is 0 Å². The Kier molecular flexibility index (Phi) is 6.11. The first kappa shape index (κ1) is 7.06. The normalized spacial score (nSPS) is 9.43. The molecule has 0 atom stereocenters. The van der Waals surface area contributed by atoms with E-state index in [1.807, 2.05) is 0 Å². The van der Waals surface area contributed by atoms with E-state index in [-0.39, 0.29) is 13.5 Å². The summed E-state index contributed by atoms with van der Waals surface area (Å²) in [5.74, 6) is 0. The summed E-state index contributed by atoms with van der Waals surface area (Å²) >= 11 is 0. The summed E-state index contributed by atoms with van der Waals surface area (Å²) in [5.41, 5.74) is 9.92. The topological polar surface area (TPSA) is 70.5 Å². The smallest absolute Gasteiger partial charge is 0.306 e. The Morgan fingerprint density at radius 3 is 1.86 bits per heavy atom. The Balaban J connectivity index is 2.45. The molecule has 0 spiro atoms. The largest absolute Gasteiger partial charge is 0.386 e. The van der Waals surface area contributed by atoms with Gasteiger partial charge in [-0.2, -0.15) is 0 Å². The van der Waals surface area contributed by atoms with Crippen LogP contribution in [0.25, 0.3) is 0 Å². The highest BCUT2D eigenvalue weighted by Crippen LogP contribution is 1.62. The highest BCUT2D eigenvalue weighted by Gasteiger charge is 1.79. The van der Waals surface area contributed by atoms with E-state index in [0.717, 1.165) is 0 Å². The maximum absolute atomic E-state index is 4.96. The van der Waals surface area contributed by atoms with Crippen molar-refractivity contribution in [2.45, 2.75) is 0 Å². The van der Waals surface area contributed by atoms with Crippen molar-refractivity contribution >= 4 is 10.0 Å². The quantitative estimate of drug-likeness (QED) is 0.253. The molecule has 4 N–H and O–H groups in total. The second kappa shape index (κ2) is 6.06. The summed E-state index contributed by atoms with van der Waals surface area (Å²) in [6, 6.07) is 0. The predicted molar refractivity (Wildman–Crippen MR) is 28.8 cm³/mol. The van der Waals surface area contributed by atoms with Gasteiger partial charge in [-0.1, -0.05) is 0 Å². The van der Waals surface area contributed by atoms with E-state index in [1.165, 1.54) is 0 Å². The first-order chi connectivity index (χ1) is 3.41. The molecule has 0 aromatic heterocycles. The fourth-order valence-corrected chi connectivity index (χ4v) is 0.465. The van der Waals surface area contributed by atoms with E-state index >= 15 is 0 Å². The van der Waals surface area contributed by atoms with Gasteiger partial charge >= 0.3 is 10.0 Å². The molecule has 0 saturated heterocycles. The van der Waals surface area contributed by atoms with Gasteiger partial charge in [-0.15, -0.1) is 0 Å². The maximum Gasteiger partial charge on any atom is 0.306 e. The highest BCUT2D eigenvalue weighted by atomic mass is 28.3. The lowest BCUT2D eigenvalue weighted by molar-refractivity contribution is 0.231. The third kappa shape index (κ3) is 6.06. The Morgan fingerprint density at radius 1 is 1.14 bits per heavy atom. The van der Waals surface area contributed by atoms with Crippen molar-refractivity contribution in [2.24, 2.45) is 11.5 Å². The molecule has 0 aliphatic heterocycles. The SMILES string of the molecule is NCO[SiH2]OCN. The Hall–Kier alpha value is 0.0569. The first-order valence-electron chi connectivity index (χ1n) is 1.97. The molecule has 0 aromatic carbocycles. The molecule has 0 rings (SSSR count). The lowest BCUT2D eigenvalue weighted by Gasteiger charge is -1.96. The maximum atomic E-state index is 4.96. The summed E-state index contributed by atoms with van der Waals surface area (Å²) in [5, 5.41) is 0. The van der Waals surface area contributed by atoms with Crippen molar-refractivity contribution in [2.75, 3.05) is 13.5 Å². The zero-order valence-electron chi connectivity index (χ0n) is 4.09. The molecule has 0 bridgehead atoms. The van der Waals surface area contributed by atoms with E-state index in [1.54, 1.807) is 0 Å². The van der Waals surface area contributed by atoms with Crippen LogP contribution in [0.5, 0.6) is 0 Å². The molecule has 0 radical (unpaired) electrons. The monoisotopic (exact) mass is 122 g/mol. The molecule has 0 fully saturated rings. The zero-order valence-corrected chi connectivity index (χ0v) is 5.51. The van der Waals surface area contributed by atoms with Crippen LogP contribution in [-0.2, 0) is 8.85 Å². The van der Waals surface area contributed by atoms with Crippen molar-refractivity contribution in [1.82, 2.24) is 0 Å². The summed E-state index contributed by atoms with van der Waals surface area (Å²) in [6.45, 7) is 0.485. The highest BCUT2D eigenvalue weighted by molar-refractivity contribution is 6.17. The van der Waals surface area contributed by atoms with Gasteiger partial charge in [-0.05, 0) is 0 Å². The van der Waals surface area contributed by atoms with Gasteiger partial charge in [0.05, 0.1) is 13.5 Å². The Morgan fingerprint density at radius 2 is 1.57 bits per heavy atom. The average molecular weight is 122 g/mol. The molecule has 0 aliphatic carbocycles. The summed E-state index contributed by atoms with van der Waals surface area (Å²) < 4.78 is 9.38. The van der Waals surface area contributed by atoms with E-state index in [2.05, 4.69) is 8.85 Å². The molecule has 0 heterocycles. The first-order valence-corrected chi connectivity index (χ1v) is 3.13. The van der Waals surface area contributed by atoms with Crippen LogP contribution in [0.2, 0.25) is 0 Å². The second-order valence-electron chi connectivity index (χ2n) is 0.859. The van der Waals surface area contributed by atoms with Crippen LogP contribution < -0.4 is 11.5 Å². The molecular weight excluding hydrogens is 112 g/mol. The lowest BCUT2D eigenvalue weighted by Crippen LogP contribution is -2.15. The van der Waals surface area contributed by atoms with Gasteiger partial charge in [0.1, 0.15) is 0 Å². The predicted octanol–water partition coefficient (Wildman–Crippen LogP) is -2.15. The van der Waals surface area contributed by atoms with Crippen LogP contribution in [0.3, 0.4) is 0 Å². The molecule has 0 aromatic rings. The number of hydrogen-bond donors (Lipinski definition) is 2. The Labute approximate surface area is 44.8 Å². The number of rotatable bonds is 4. The molecule has 5 heteroatoms. The number of hydrogen-bond acceptors (Lipinski definition) is 4. The van der Waals surface area contributed by atoms with Crippen molar-refractivity contribution in [3.63, 3.8) is 0 Å². The van der Waals surface area contributed by atoms with Crippen molar-refractivity contribution in [3.05, 3.63) is 0 Å². The van der Waals surface area contributed by atoms with Crippen molar-refractivity contribution < 1.29 is 8.85 Å². The van der Waals surface area contributed by atoms with Crippen molar-refractivity contribution in [3.8, 4) is 0 Å². The van der Waals surface area contributed by atoms with Crippen LogP contribution in [0.1, 0.15) is 0 Å². The van der Waals surface area contributed by atoms with Gasteiger partial charge in [0.15, 0.2) is 0 Å². The van der Waals surface area contributed by atoms with Crippen LogP contribution >= 0.6 is 0 Å². The van der Waals surface area contributed by atoms with Gasteiger partial charge in [-0.3, -0.25) is 0 Å². The van der Waals surface area contributed by atoms with Crippen molar-refractivity contribution in [1.29, 1.82) is 0 Å². The molecule has 44 valence electrons. The van der Waals surface area contributed by atoms with Crippen LogP contribution in [0.4, 0.5) is 0 Å². The molecular formula is C2H10N2O2Si. The van der Waals surface area contributed by atoms with Crippen LogP contribution in [0.15, 0.2) is 0 Å². The summed E-state index contributed by atoms with van der Waals surface area (Å²) in [6.07, 6.45) is 0. The molecule has 0 amide bonds. The Bertz CT molecular complexity index is 32.9. The van der Waals surface area contributed by atoms with Gasteiger partial charge in [0, 0.05) is 0 Å². The molecule has 4 nitrogen and oxygen atoms in total. The summed E-state index contributed by atoms with van der Waals surface area (Å²) in [7, 11) is -0.839. The third-order valence-electron chi connectivity index (χ3n) is 0.402. The van der Waals surface area contributed by atoms with E-state index < -0.39 is 10.0 Å². The van der Waals surface area contributed by atoms with Crippen LogP contribution in [-0.4, -0.2) is 23.5 Å². The average Bonchev–Trinajstić information content (AvgIpc) is 1.69. The van der Waals surface area contributed by atoms with Crippen LogP contribution in [0, 0.1) is 0 Å². The van der Waals surface area contributed by atoms with E-state index in [4.69, 9.17) is 11.5 Å². The van der Waals surface area contributed by atoms with Gasteiger partial charge in [0.25, 0.3) is 0 Å². The molecule has 0 saturated carbocycles.